The van der Waals surface area contributed by atoms with Crippen LogP contribution in [0.4, 0.5) is 4.39 Å². The molecule has 1 aromatic rings. The van der Waals surface area contributed by atoms with E-state index in [1.807, 2.05) is 7.05 Å². The van der Waals surface area contributed by atoms with E-state index in [0.717, 1.165) is 25.7 Å². The number of aliphatic hydroxyl groups excluding tert-OH is 1. The van der Waals surface area contributed by atoms with Crippen molar-refractivity contribution in [3.63, 3.8) is 0 Å². The van der Waals surface area contributed by atoms with Crippen molar-refractivity contribution in [2.45, 2.75) is 38.3 Å². The second-order valence-electron chi connectivity index (χ2n) is 6.07. The Morgan fingerprint density at radius 2 is 2.05 bits per heavy atom. The van der Waals surface area contributed by atoms with Crippen LogP contribution >= 0.6 is 0 Å². The monoisotopic (exact) mass is 309 g/mol. The van der Waals surface area contributed by atoms with Gasteiger partial charge in [-0.05, 0) is 50.8 Å². The van der Waals surface area contributed by atoms with Gasteiger partial charge in [0.05, 0.1) is 12.7 Å². The molecule has 0 radical (unpaired) electrons. The zero-order valence-electron chi connectivity index (χ0n) is 13.2. The predicted octanol–water partition coefficient (Wildman–Crippen LogP) is 2.60. The first-order valence-electron chi connectivity index (χ1n) is 7.73. The zero-order valence-corrected chi connectivity index (χ0v) is 13.2. The van der Waals surface area contributed by atoms with Gasteiger partial charge < -0.3 is 9.84 Å². The summed E-state index contributed by atoms with van der Waals surface area (Å²) in [5.74, 6) is -0.486. The van der Waals surface area contributed by atoms with Crippen molar-refractivity contribution in [2.24, 2.45) is 5.92 Å². The molecule has 1 saturated carbocycles. The van der Waals surface area contributed by atoms with Crippen LogP contribution in [0.25, 0.3) is 0 Å². The van der Waals surface area contributed by atoms with Gasteiger partial charge in [-0.25, -0.2) is 9.18 Å². The van der Waals surface area contributed by atoms with E-state index < -0.39 is 5.97 Å². The van der Waals surface area contributed by atoms with Crippen molar-refractivity contribution in [1.82, 2.24) is 4.90 Å². The largest absolute Gasteiger partial charge is 0.465 e. The molecule has 0 saturated heterocycles. The average molecular weight is 309 g/mol. The van der Waals surface area contributed by atoms with Crippen molar-refractivity contribution >= 4 is 5.97 Å². The van der Waals surface area contributed by atoms with Crippen molar-refractivity contribution in [1.29, 1.82) is 0 Å². The summed E-state index contributed by atoms with van der Waals surface area (Å²) in [6, 6.07) is 4.90. The van der Waals surface area contributed by atoms with Crippen molar-refractivity contribution in [3.05, 3.63) is 35.1 Å². The van der Waals surface area contributed by atoms with Crippen LogP contribution in [-0.4, -0.2) is 42.8 Å². The number of esters is 1. The maximum atomic E-state index is 14.1. The van der Waals surface area contributed by atoms with Gasteiger partial charge in [-0.3, -0.25) is 4.90 Å². The standard InChI is InChI=1S/C17H24FNO3/c1-19(15-7-3-12(11-20)4-8-15)10-14-6-5-13(9-16(14)18)17(21)22-2/h5-6,9,12,15,20H,3-4,7-8,10-11H2,1-2H3. The van der Waals surface area contributed by atoms with Crippen LogP contribution in [0.1, 0.15) is 41.6 Å². The third-order valence-electron chi connectivity index (χ3n) is 4.59. The molecule has 0 unspecified atom stereocenters. The first kappa shape index (κ1) is 16.9. The van der Waals surface area contributed by atoms with E-state index in [1.165, 1.54) is 13.2 Å². The second-order valence-corrected chi connectivity index (χ2v) is 6.07. The van der Waals surface area contributed by atoms with Gasteiger partial charge in [-0.15, -0.1) is 0 Å². The van der Waals surface area contributed by atoms with Gasteiger partial charge in [0.2, 0.25) is 0 Å². The van der Waals surface area contributed by atoms with Gasteiger partial charge in [0.1, 0.15) is 5.82 Å². The number of aliphatic hydroxyl groups is 1. The molecular weight excluding hydrogens is 285 g/mol. The number of halogens is 1. The van der Waals surface area contributed by atoms with Gasteiger partial charge in [0.15, 0.2) is 0 Å². The van der Waals surface area contributed by atoms with Gasteiger partial charge in [-0.2, -0.15) is 0 Å². The highest BCUT2D eigenvalue weighted by Gasteiger charge is 2.24. The summed E-state index contributed by atoms with van der Waals surface area (Å²) < 4.78 is 18.7. The fourth-order valence-corrected chi connectivity index (χ4v) is 3.09. The summed E-state index contributed by atoms with van der Waals surface area (Å²) in [6.45, 7) is 0.780. The summed E-state index contributed by atoms with van der Waals surface area (Å²) in [7, 11) is 3.28. The van der Waals surface area contributed by atoms with Crippen molar-refractivity contribution < 1.29 is 19.0 Å². The van der Waals surface area contributed by atoms with Crippen LogP contribution in [-0.2, 0) is 11.3 Å². The average Bonchev–Trinajstić information content (AvgIpc) is 2.55. The van der Waals surface area contributed by atoms with Crippen LogP contribution in [0, 0.1) is 11.7 Å². The van der Waals surface area contributed by atoms with Gasteiger partial charge >= 0.3 is 5.97 Å². The molecule has 122 valence electrons. The smallest absolute Gasteiger partial charge is 0.337 e. The Bertz CT molecular complexity index is 513. The predicted molar refractivity (Wildman–Crippen MR) is 82.0 cm³/mol. The molecular formula is C17H24FNO3. The number of carbonyl (C=O) groups excluding carboxylic acids is 1. The molecule has 4 nitrogen and oxygen atoms in total. The molecule has 1 aliphatic rings. The van der Waals surface area contributed by atoms with Gasteiger partial charge in [0.25, 0.3) is 0 Å². The first-order valence-corrected chi connectivity index (χ1v) is 7.73. The minimum Gasteiger partial charge on any atom is -0.465 e. The molecule has 5 heteroatoms. The van der Waals surface area contributed by atoms with Crippen molar-refractivity contribution in [2.75, 3.05) is 20.8 Å². The number of carbonyl (C=O) groups is 1. The van der Waals surface area contributed by atoms with Crippen LogP contribution in [0.15, 0.2) is 18.2 Å². The van der Waals surface area contributed by atoms with E-state index in [4.69, 9.17) is 0 Å². The third-order valence-corrected chi connectivity index (χ3v) is 4.59. The second kappa shape index (κ2) is 7.70. The number of methoxy groups -OCH3 is 1. The first-order chi connectivity index (χ1) is 10.5. The molecule has 0 spiro atoms. The Labute approximate surface area is 130 Å². The number of nitrogens with zero attached hydrogens (tertiary/aromatic N) is 1. The third kappa shape index (κ3) is 4.05. The molecule has 0 amide bonds. The van der Waals surface area contributed by atoms with Gasteiger partial charge in [-0.1, -0.05) is 6.07 Å². The summed E-state index contributed by atoms with van der Waals surface area (Å²) in [5, 5.41) is 9.18. The summed E-state index contributed by atoms with van der Waals surface area (Å²) >= 11 is 0. The molecule has 0 aromatic heterocycles. The van der Waals surface area contributed by atoms with Crippen LogP contribution in [0.2, 0.25) is 0 Å². The van der Waals surface area contributed by atoms with E-state index in [2.05, 4.69) is 9.64 Å². The van der Waals surface area contributed by atoms with E-state index in [1.54, 1.807) is 12.1 Å². The lowest BCUT2D eigenvalue weighted by molar-refractivity contribution is 0.0600. The summed E-state index contributed by atoms with van der Waals surface area (Å²) in [5.41, 5.74) is 0.814. The van der Waals surface area contributed by atoms with E-state index in [-0.39, 0.29) is 18.0 Å². The molecule has 22 heavy (non-hydrogen) atoms. The number of benzene rings is 1. The number of ether oxygens (including phenoxy) is 1. The maximum absolute atomic E-state index is 14.1. The fourth-order valence-electron chi connectivity index (χ4n) is 3.09. The molecule has 1 aliphatic carbocycles. The highest BCUT2D eigenvalue weighted by molar-refractivity contribution is 5.89. The summed E-state index contributed by atoms with van der Waals surface area (Å²) in [4.78, 5) is 13.5. The molecule has 0 heterocycles. The Hall–Kier alpha value is -1.46. The molecule has 0 atom stereocenters. The lowest BCUT2D eigenvalue weighted by atomic mass is 9.86. The van der Waals surface area contributed by atoms with Crippen molar-refractivity contribution in [3.8, 4) is 0 Å². The van der Waals surface area contributed by atoms with Crippen LogP contribution < -0.4 is 0 Å². The number of hydrogen-bond donors (Lipinski definition) is 1. The van der Waals surface area contributed by atoms with E-state index in [9.17, 15) is 14.3 Å². The normalized spacial score (nSPS) is 21.9. The van der Waals surface area contributed by atoms with E-state index >= 15 is 0 Å². The molecule has 2 rings (SSSR count). The lowest BCUT2D eigenvalue weighted by Crippen LogP contribution is -2.35. The van der Waals surface area contributed by atoms with Gasteiger partial charge in [0, 0.05) is 24.8 Å². The Balaban J connectivity index is 1.97. The maximum Gasteiger partial charge on any atom is 0.337 e. The Morgan fingerprint density at radius 3 is 2.59 bits per heavy atom. The SMILES string of the molecule is COC(=O)c1ccc(CN(C)C2CCC(CO)CC2)c(F)c1. The Kier molecular flexibility index (Phi) is 5.91. The topological polar surface area (TPSA) is 49.8 Å². The zero-order chi connectivity index (χ0) is 16.1. The highest BCUT2D eigenvalue weighted by atomic mass is 19.1. The number of rotatable bonds is 5. The minimum absolute atomic E-state index is 0.231. The quantitative estimate of drug-likeness (QED) is 0.850. The molecule has 0 bridgehead atoms. The molecule has 1 fully saturated rings. The summed E-state index contributed by atoms with van der Waals surface area (Å²) in [6.07, 6.45) is 4.11. The fraction of sp³-hybridized carbons (Fsp3) is 0.588. The van der Waals surface area contributed by atoms with E-state index in [0.29, 0.717) is 24.1 Å². The highest BCUT2D eigenvalue weighted by Crippen LogP contribution is 2.27. The molecule has 1 N–H and O–H groups in total. The minimum atomic E-state index is -0.527. The van der Waals surface area contributed by atoms with Crippen LogP contribution in [0.3, 0.4) is 0 Å². The lowest BCUT2D eigenvalue weighted by Gasteiger charge is -2.34. The molecule has 1 aromatic carbocycles. The molecule has 0 aliphatic heterocycles. The Morgan fingerprint density at radius 1 is 1.36 bits per heavy atom. The van der Waals surface area contributed by atoms with Crippen LogP contribution in [0.5, 0.6) is 0 Å². The number of hydrogen-bond acceptors (Lipinski definition) is 4.